The Kier molecular flexibility index (Phi) is 11.1. The Balaban J connectivity index is 2.10. The Labute approximate surface area is 246 Å². The van der Waals surface area contributed by atoms with Gasteiger partial charge in [-0.15, -0.1) is 0 Å². The number of hydrogen-bond donors (Lipinski definition) is 1. The van der Waals surface area contributed by atoms with E-state index in [1.165, 1.54) is 56.6 Å². The van der Waals surface area contributed by atoms with Gasteiger partial charge in [0.15, 0.2) is 11.5 Å². The number of rotatable bonds is 14. The summed E-state index contributed by atoms with van der Waals surface area (Å²) < 4.78 is 58.6. The fraction of sp³-hybridized carbons (Fsp3) is 0.333. The maximum absolute atomic E-state index is 14.1. The number of methoxy groups -OCH3 is 3. The molecule has 1 atom stereocenters. The second-order valence-electron chi connectivity index (χ2n) is 9.20. The highest BCUT2D eigenvalue weighted by atomic mass is 32.2. The molecule has 0 heterocycles. The number of hydrogen-bond acceptors (Lipinski definition) is 7. The fourth-order valence-electron chi connectivity index (χ4n) is 4.42. The van der Waals surface area contributed by atoms with Gasteiger partial charge >= 0.3 is 0 Å². The van der Waals surface area contributed by atoms with Gasteiger partial charge in [0.25, 0.3) is 10.0 Å². The molecule has 1 N–H and O–H groups in total. The Morgan fingerprint density at radius 3 is 2.19 bits per heavy atom. The van der Waals surface area contributed by atoms with Gasteiger partial charge in [0, 0.05) is 19.2 Å². The lowest BCUT2D eigenvalue weighted by Gasteiger charge is -2.33. The summed E-state index contributed by atoms with van der Waals surface area (Å²) in [5, 5.41) is 2.75. The number of sulfonamides is 1. The van der Waals surface area contributed by atoms with Crippen LogP contribution in [0.2, 0.25) is 0 Å². The van der Waals surface area contributed by atoms with Crippen molar-refractivity contribution in [3.05, 3.63) is 78.1 Å². The van der Waals surface area contributed by atoms with Gasteiger partial charge in [-0.3, -0.25) is 13.9 Å². The lowest BCUT2D eigenvalue weighted by molar-refractivity contribution is -0.140. The first kappa shape index (κ1) is 32.2. The van der Waals surface area contributed by atoms with Crippen LogP contribution in [-0.2, 0) is 26.2 Å². The zero-order valence-corrected chi connectivity index (χ0v) is 25.1. The van der Waals surface area contributed by atoms with Crippen LogP contribution in [-0.4, -0.2) is 65.6 Å². The maximum Gasteiger partial charge on any atom is 0.264 e. The van der Waals surface area contributed by atoms with Crippen molar-refractivity contribution in [2.75, 3.05) is 38.7 Å². The van der Waals surface area contributed by atoms with E-state index < -0.39 is 34.3 Å². The van der Waals surface area contributed by atoms with Crippen LogP contribution >= 0.6 is 0 Å². The van der Waals surface area contributed by atoms with Crippen molar-refractivity contribution in [3.8, 4) is 17.2 Å². The minimum Gasteiger partial charge on any atom is -0.497 e. The molecule has 0 aliphatic carbocycles. The molecule has 0 saturated heterocycles. The van der Waals surface area contributed by atoms with Gasteiger partial charge in [-0.25, -0.2) is 12.8 Å². The molecule has 0 fully saturated rings. The molecule has 2 amide bonds. The van der Waals surface area contributed by atoms with Gasteiger partial charge in [-0.1, -0.05) is 19.1 Å². The largest absolute Gasteiger partial charge is 0.497 e. The van der Waals surface area contributed by atoms with Crippen molar-refractivity contribution in [1.82, 2.24) is 10.2 Å². The normalized spacial score (nSPS) is 11.8. The van der Waals surface area contributed by atoms with Crippen LogP contribution in [0.15, 0.2) is 71.6 Å². The molecule has 3 aromatic carbocycles. The number of nitrogens with one attached hydrogen (secondary N) is 1. The first-order valence-corrected chi connectivity index (χ1v) is 14.7. The summed E-state index contributed by atoms with van der Waals surface area (Å²) in [6, 6.07) is 15.0. The summed E-state index contributed by atoms with van der Waals surface area (Å²) in [5.41, 5.74) is 0.744. The molecule has 0 saturated carbocycles. The highest BCUT2D eigenvalue weighted by Crippen LogP contribution is 2.32. The van der Waals surface area contributed by atoms with Crippen LogP contribution < -0.4 is 23.8 Å². The quantitative estimate of drug-likeness (QED) is 0.297. The number of benzene rings is 3. The minimum absolute atomic E-state index is 0.0132. The number of ether oxygens (including phenoxy) is 3. The number of halogens is 1. The molecule has 0 aliphatic rings. The maximum atomic E-state index is 14.1. The number of carbonyl (C=O) groups excluding carboxylic acids is 2. The van der Waals surface area contributed by atoms with Crippen molar-refractivity contribution in [2.24, 2.45) is 0 Å². The van der Waals surface area contributed by atoms with Gasteiger partial charge in [-0.05, 0) is 67.4 Å². The minimum atomic E-state index is -4.39. The van der Waals surface area contributed by atoms with Gasteiger partial charge in [0.05, 0.1) is 31.9 Å². The molecule has 42 heavy (non-hydrogen) atoms. The molecule has 3 aromatic rings. The van der Waals surface area contributed by atoms with E-state index in [0.29, 0.717) is 23.6 Å². The molecular weight excluding hydrogens is 565 g/mol. The molecule has 0 bridgehead atoms. The van der Waals surface area contributed by atoms with Gasteiger partial charge < -0.3 is 24.4 Å². The molecule has 0 unspecified atom stereocenters. The summed E-state index contributed by atoms with van der Waals surface area (Å²) in [6.07, 6.45) is 0.278. The van der Waals surface area contributed by atoms with Gasteiger partial charge in [-0.2, -0.15) is 0 Å². The van der Waals surface area contributed by atoms with Crippen molar-refractivity contribution in [2.45, 2.75) is 37.8 Å². The number of likely N-dealkylation sites (N-methyl/N-ethyl adjacent to an activating group) is 1. The SMILES string of the molecule is CCNC(=O)[C@@H](CC)N(Cc1cccc(OC)c1)C(=O)CN(c1ccc(F)cc1)S(=O)(=O)c1ccc(OC)c(OC)c1. The molecule has 12 heteroatoms. The van der Waals surface area contributed by atoms with Crippen LogP contribution in [0.1, 0.15) is 25.8 Å². The second-order valence-corrected chi connectivity index (χ2v) is 11.1. The predicted octanol–water partition coefficient (Wildman–Crippen LogP) is 3.99. The lowest BCUT2D eigenvalue weighted by atomic mass is 10.1. The van der Waals surface area contributed by atoms with E-state index in [9.17, 15) is 22.4 Å². The zero-order valence-electron chi connectivity index (χ0n) is 24.3. The Bertz CT molecular complexity index is 1480. The molecular formula is C30H36FN3O7S. The summed E-state index contributed by atoms with van der Waals surface area (Å²) in [6.45, 7) is 3.24. The van der Waals surface area contributed by atoms with Crippen molar-refractivity contribution in [1.29, 1.82) is 0 Å². The molecule has 3 rings (SSSR count). The van der Waals surface area contributed by atoms with E-state index in [-0.39, 0.29) is 35.2 Å². The van der Waals surface area contributed by atoms with E-state index in [1.54, 1.807) is 38.1 Å². The van der Waals surface area contributed by atoms with Crippen LogP contribution in [0, 0.1) is 5.82 Å². The molecule has 0 aliphatic heterocycles. The highest BCUT2D eigenvalue weighted by molar-refractivity contribution is 7.92. The number of nitrogens with zero attached hydrogens (tertiary/aromatic N) is 2. The highest BCUT2D eigenvalue weighted by Gasteiger charge is 2.34. The third-order valence-corrected chi connectivity index (χ3v) is 8.33. The van der Waals surface area contributed by atoms with E-state index >= 15 is 0 Å². The van der Waals surface area contributed by atoms with E-state index in [4.69, 9.17) is 14.2 Å². The van der Waals surface area contributed by atoms with Crippen molar-refractivity contribution >= 4 is 27.5 Å². The Morgan fingerprint density at radius 1 is 0.905 bits per heavy atom. The average molecular weight is 602 g/mol. The zero-order chi connectivity index (χ0) is 30.9. The Hall–Kier alpha value is -4.32. The van der Waals surface area contributed by atoms with Gasteiger partial charge in [0.1, 0.15) is 24.2 Å². The summed E-state index contributed by atoms with van der Waals surface area (Å²) >= 11 is 0. The first-order chi connectivity index (χ1) is 20.1. The van der Waals surface area contributed by atoms with E-state index in [2.05, 4.69) is 5.32 Å². The first-order valence-electron chi connectivity index (χ1n) is 13.3. The summed E-state index contributed by atoms with van der Waals surface area (Å²) in [4.78, 5) is 28.3. The van der Waals surface area contributed by atoms with Crippen LogP contribution in [0.5, 0.6) is 17.2 Å². The van der Waals surface area contributed by atoms with E-state index in [0.717, 1.165) is 16.4 Å². The second kappa shape index (κ2) is 14.5. The Morgan fingerprint density at radius 2 is 1.60 bits per heavy atom. The monoisotopic (exact) mass is 601 g/mol. The predicted molar refractivity (Wildman–Crippen MR) is 157 cm³/mol. The third kappa shape index (κ3) is 7.49. The fourth-order valence-corrected chi connectivity index (χ4v) is 5.85. The topological polar surface area (TPSA) is 114 Å². The number of anilines is 1. The smallest absolute Gasteiger partial charge is 0.264 e. The third-order valence-electron chi connectivity index (χ3n) is 6.56. The van der Waals surface area contributed by atoms with Crippen molar-refractivity contribution in [3.63, 3.8) is 0 Å². The summed E-state index contributed by atoms with van der Waals surface area (Å²) in [7, 11) is -0.0781. The number of carbonyl (C=O) groups is 2. The van der Waals surface area contributed by atoms with Crippen LogP contribution in [0.25, 0.3) is 0 Å². The molecule has 10 nitrogen and oxygen atoms in total. The molecule has 0 radical (unpaired) electrons. The average Bonchev–Trinajstić information content (AvgIpc) is 2.99. The molecule has 226 valence electrons. The van der Waals surface area contributed by atoms with E-state index in [1.807, 2.05) is 0 Å². The van der Waals surface area contributed by atoms with Gasteiger partial charge in [0.2, 0.25) is 11.8 Å². The lowest BCUT2D eigenvalue weighted by Crippen LogP contribution is -2.52. The van der Waals surface area contributed by atoms with Crippen molar-refractivity contribution < 1.29 is 36.6 Å². The van der Waals surface area contributed by atoms with Crippen LogP contribution in [0.4, 0.5) is 10.1 Å². The number of amides is 2. The molecule has 0 aromatic heterocycles. The summed E-state index contributed by atoms with van der Waals surface area (Å²) in [5.74, 6) is -0.522. The van der Waals surface area contributed by atoms with Crippen LogP contribution in [0.3, 0.4) is 0 Å². The molecule has 0 spiro atoms. The standard InChI is InChI=1S/C30H36FN3O7S/c1-6-26(30(36)32-7-2)33(19-21-9-8-10-24(17-21)39-3)29(35)20-34(23-13-11-22(31)12-14-23)42(37,38)25-15-16-27(40-4)28(18-25)41-5/h8-18,26H,6-7,19-20H2,1-5H3,(H,32,36)/t26-/m1/s1.